The highest BCUT2D eigenvalue weighted by Crippen LogP contribution is 2.36. The number of hydrogen-bond acceptors (Lipinski definition) is 8. The number of likely N-dealkylation sites (N-methyl/N-ethyl adjacent to an activating group) is 1. The first-order chi connectivity index (χ1) is 17.6. The van der Waals surface area contributed by atoms with E-state index < -0.39 is 0 Å². The lowest BCUT2D eigenvalue weighted by Crippen LogP contribution is -2.46. The van der Waals surface area contributed by atoms with Crippen LogP contribution in [0.15, 0.2) is 30.5 Å². The molecular formula is C26H33ClN6OS2. The number of thiophene rings is 1. The first kappa shape index (κ1) is 25.7. The molecule has 5 rings (SSSR count). The molecule has 0 aliphatic carbocycles. The Balaban J connectivity index is 1.22. The molecule has 1 amide bonds. The number of rotatable bonds is 8. The van der Waals surface area contributed by atoms with Crippen LogP contribution in [0.2, 0.25) is 5.02 Å². The van der Waals surface area contributed by atoms with Crippen LogP contribution >= 0.6 is 34.7 Å². The third-order valence-corrected chi connectivity index (χ3v) is 9.21. The molecule has 0 unspecified atom stereocenters. The fraction of sp³-hybridized carbons (Fsp3) is 0.500. The van der Waals surface area contributed by atoms with Crippen molar-refractivity contribution in [3.8, 4) is 10.6 Å². The minimum Gasteiger partial charge on any atom is -0.354 e. The number of halogens is 1. The van der Waals surface area contributed by atoms with E-state index in [2.05, 4.69) is 33.1 Å². The van der Waals surface area contributed by atoms with Gasteiger partial charge < -0.3 is 20.0 Å². The number of amides is 1. The highest BCUT2D eigenvalue weighted by Gasteiger charge is 2.20. The molecule has 2 aromatic heterocycles. The van der Waals surface area contributed by atoms with Crippen LogP contribution in [0.25, 0.3) is 20.7 Å². The SMILES string of the molecule is CCN1CCN(CCCNc2ncc(Cl)c(-c3cc4ccc(C(=O)N5CCSCC5)cc4s3)n2)CC1. The third kappa shape index (κ3) is 6.14. The molecule has 0 saturated carbocycles. The van der Waals surface area contributed by atoms with E-state index in [-0.39, 0.29) is 5.91 Å². The molecule has 0 radical (unpaired) electrons. The van der Waals surface area contributed by atoms with E-state index >= 15 is 0 Å². The second-order valence-corrected chi connectivity index (χ2v) is 11.9. The van der Waals surface area contributed by atoms with Gasteiger partial charge in [-0.05, 0) is 43.1 Å². The molecule has 7 nitrogen and oxygen atoms in total. The van der Waals surface area contributed by atoms with Crippen molar-refractivity contribution in [2.24, 2.45) is 0 Å². The summed E-state index contributed by atoms with van der Waals surface area (Å²) in [6, 6.07) is 8.05. The maximum Gasteiger partial charge on any atom is 0.253 e. The number of thioether (sulfide) groups is 1. The summed E-state index contributed by atoms with van der Waals surface area (Å²) in [4.78, 5) is 30.0. The minimum absolute atomic E-state index is 0.117. The zero-order valence-corrected chi connectivity index (χ0v) is 23.1. The van der Waals surface area contributed by atoms with Crippen molar-refractivity contribution in [2.45, 2.75) is 13.3 Å². The van der Waals surface area contributed by atoms with Gasteiger partial charge >= 0.3 is 0 Å². The molecule has 1 aromatic carbocycles. The summed E-state index contributed by atoms with van der Waals surface area (Å²) >= 11 is 10.0. The van der Waals surface area contributed by atoms with E-state index in [1.54, 1.807) is 17.5 Å². The molecule has 4 heterocycles. The van der Waals surface area contributed by atoms with Crippen LogP contribution in [0.5, 0.6) is 0 Å². The number of fused-ring (bicyclic) bond motifs is 1. The number of carbonyl (C=O) groups excluding carboxylic acids is 1. The predicted octanol–water partition coefficient (Wildman–Crippen LogP) is 4.64. The highest BCUT2D eigenvalue weighted by atomic mass is 35.5. The topological polar surface area (TPSA) is 64.6 Å². The molecule has 2 fully saturated rings. The van der Waals surface area contributed by atoms with Crippen molar-refractivity contribution >= 4 is 56.6 Å². The molecule has 0 bridgehead atoms. The number of aromatic nitrogens is 2. The molecule has 0 atom stereocenters. The molecule has 192 valence electrons. The monoisotopic (exact) mass is 544 g/mol. The number of hydrogen-bond donors (Lipinski definition) is 1. The van der Waals surface area contributed by atoms with Gasteiger partial charge in [0.2, 0.25) is 5.95 Å². The molecule has 36 heavy (non-hydrogen) atoms. The predicted molar refractivity (Wildman–Crippen MR) is 153 cm³/mol. The Bertz CT molecular complexity index is 1190. The Kier molecular flexibility index (Phi) is 8.64. The largest absolute Gasteiger partial charge is 0.354 e. The van der Waals surface area contributed by atoms with Gasteiger partial charge in [-0.25, -0.2) is 9.97 Å². The maximum atomic E-state index is 12.9. The Morgan fingerprint density at radius 3 is 2.64 bits per heavy atom. The third-order valence-electron chi connectivity index (χ3n) is 6.89. The normalized spacial score (nSPS) is 17.6. The van der Waals surface area contributed by atoms with Crippen LogP contribution in [-0.4, -0.2) is 101 Å². The molecule has 2 saturated heterocycles. The quantitative estimate of drug-likeness (QED) is 0.414. The highest BCUT2D eigenvalue weighted by molar-refractivity contribution is 7.99. The van der Waals surface area contributed by atoms with Gasteiger partial charge in [0.25, 0.3) is 5.91 Å². The Morgan fingerprint density at radius 2 is 1.86 bits per heavy atom. The van der Waals surface area contributed by atoms with Gasteiger partial charge in [0.15, 0.2) is 0 Å². The Hall–Kier alpha value is -1.91. The second-order valence-electron chi connectivity index (χ2n) is 9.21. The lowest BCUT2D eigenvalue weighted by Gasteiger charge is -2.33. The minimum atomic E-state index is 0.117. The number of piperazine rings is 1. The number of benzene rings is 1. The summed E-state index contributed by atoms with van der Waals surface area (Å²) in [6.07, 6.45) is 2.72. The average molecular weight is 545 g/mol. The van der Waals surface area contributed by atoms with Crippen molar-refractivity contribution < 1.29 is 4.79 Å². The smallest absolute Gasteiger partial charge is 0.253 e. The maximum absolute atomic E-state index is 12.9. The summed E-state index contributed by atoms with van der Waals surface area (Å²) < 4.78 is 1.06. The van der Waals surface area contributed by atoms with Gasteiger partial charge in [-0.2, -0.15) is 11.8 Å². The van der Waals surface area contributed by atoms with Crippen LogP contribution in [0, 0.1) is 0 Å². The van der Waals surface area contributed by atoms with Crippen molar-refractivity contribution in [2.75, 3.05) is 75.7 Å². The van der Waals surface area contributed by atoms with Crippen LogP contribution in [0.4, 0.5) is 5.95 Å². The van der Waals surface area contributed by atoms with E-state index in [9.17, 15) is 4.79 Å². The molecule has 10 heteroatoms. The Morgan fingerprint density at radius 1 is 1.08 bits per heavy atom. The summed E-state index contributed by atoms with van der Waals surface area (Å²) in [5.74, 6) is 2.73. The standard InChI is InChI=1S/C26H33ClN6OS2/c1-2-31-8-10-32(11-9-31)7-3-6-28-26-29-18-21(27)24(30-26)23-16-19-4-5-20(17-22(19)36-23)25(34)33-12-14-35-15-13-33/h4-5,16-18H,2-3,6-15H2,1H3,(H,28,29,30). The molecule has 2 aliphatic heterocycles. The molecule has 0 spiro atoms. The van der Waals surface area contributed by atoms with Crippen LogP contribution in [0.3, 0.4) is 0 Å². The van der Waals surface area contributed by atoms with Crippen molar-refractivity contribution in [1.82, 2.24) is 24.7 Å². The van der Waals surface area contributed by atoms with Gasteiger partial charge in [0, 0.05) is 67.6 Å². The van der Waals surface area contributed by atoms with E-state index in [0.717, 1.165) is 103 Å². The zero-order chi connectivity index (χ0) is 24.9. The first-order valence-electron chi connectivity index (χ1n) is 12.7. The molecular weight excluding hydrogens is 512 g/mol. The van der Waals surface area contributed by atoms with Crippen LogP contribution < -0.4 is 5.32 Å². The van der Waals surface area contributed by atoms with E-state index in [1.165, 1.54) is 0 Å². The summed E-state index contributed by atoms with van der Waals surface area (Å²) in [5.41, 5.74) is 1.47. The second kappa shape index (κ2) is 12.1. The fourth-order valence-corrected chi connectivity index (χ4v) is 6.94. The average Bonchev–Trinajstić information content (AvgIpc) is 3.35. The number of nitrogens with one attached hydrogen (secondary N) is 1. The van der Waals surface area contributed by atoms with Crippen LogP contribution in [0.1, 0.15) is 23.7 Å². The van der Waals surface area contributed by atoms with Gasteiger partial charge in [-0.1, -0.05) is 24.6 Å². The number of carbonyl (C=O) groups is 1. The van der Waals surface area contributed by atoms with Gasteiger partial charge in [-0.15, -0.1) is 11.3 Å². The van der Waals surface area contributed by atoms with E-state index in [0.29, 0.717) is 11.0 Å². The van der Waals surface area contributed by atoms with E-state index in [4.69, 9.17) is 16.6 Å². The number of anilines is 1. The fourth-order valence-electron chi connectivity index (χ4n) is 4.69. The lowest BCUT2D eigenvalue weighted by atomic mass is 10.1. The van der Waals surface area contributed by atoms with Gasteiger partial charge in [-0.3, -0.25) is 4.79 Å². The summed E-state index contributed by atoms with van der Waals surface area (Å²) in [6.45, 7) is 11.5. The molecule has 1 N–H and O–H groups in total. The van der Waals surface area contributed by atoms with Gasteiger partial charge in [0.1, 0.15) is 5.69 Å². The van der Waals surface area contributed by atoms with Crippen molar-refractivity contribution in [3.63, 3.8) is 0 Å². The molecule has 2 aliphatic rings. The van der Waals surface area contributed by atoms with Gasteiger partial charge in [0.05, 0.1) is 16.1 Å². The lowest BCUT2D eigenvalue weighted by molar-refractivity contribution is 0.0772. The number of nitrogens with zero attached hydrogens (tertiary/aromatic N) is 5. The molecule has 3 aromatic rings. The van der Waals surface area contributed by atoms with Crippen LogP contribution in [-0.2, 0) is 0 Å². The van der Waals surface area contributed by atoms with E-state index in [1.807, 2.05) is 34.9 Å². The Labute approximate surface area is 226 Å². The first-order valence-corrected chi connectivity index (χ1v) is 15.1. The summed E-state index contributed by atoms with van der Waals surface area (Å²) in [5, 5.41) is 4.99. The van der Waals surface area contributed by atoms with Crippen molar-refractivity contribution in [1.29, 1.82) is 0 Å². The summed E-state index contributed by atoms with van der Waals surface area (Å²) in [7, 11) is 0. The zero-order valence-electron chi connectivity index (χ0n) is 20.7. The van der Waals surface area contributed by atoms with Crippen molar-refractivity contribution in [3.05, 3.63) is 41.0 Å².